The van der Waals surface area contributed by atoms with Crippen molar-refractivity contribution in [1.29, 1.82) is 5.26 Å². The number of nitriles is 1. The van der Waals surface area contributed by atoms with Crippen molar-refractivity contribution in [2.24, 2.45) is 0 Å². The van der Waals surface area contributed by atoms with E-state index in [0.29, 0.717) is 5.69 Å². The van der Waals surface area contributed by atoms with Crippen LogP contribution in [0, 0.1) is 11.3 Å². The first kappa shape index (κ1) is 16.7. The van der Waals surface area contributed by atoms with Crippen LogP contribution in [0.5, 0.6) is 0 Å². The molecule has 2 heteroatoms. The van der Waals surface area contributed by atoms with E-state index in [-0.39, 0.29) is 0 Å². The highest BCUT2D eigenvalue weighted by atomic mass is 14.7. The molecule has 138 valence electrons. The lowest BCUT2D eigenvalue weighted by atomic mass is 9.91. The number of benzene rings is 5. The first-order chi connectivity index (χ1) is 14.8. The zero-order chi connectivity index (χ0) is 20.1. The van der Waals surface area contributed by atoms with Gasteiger partial charge in [-0.2, -0.15) is 5.26 Å². The Balaban J connectivity index is 1.56. The minimum Gasteiger partial charge on any atom is -0.246 e. The highest BCUT2D eigenvalue weighted by Crippen LogP contribution is 2.37. The third-order valence-electron chi connectivity index (χ3n) is 5.87. The lowest BCUT2D eigenvalue weighted by Crippen LogP contribution is -1.87. The molecular formula is C28H16N2. The first-order valence-electron chi connectivity index (χ1n) is 9.95. The normalized spacial score (nSPS) is 11.3. The van der Waals surface area contributed by atoms with Gasteiger partial charge in [0.05, 0.1) is 0 Å². The predicted octanol–water partition coefficient (Wildman–Crippen LogP) is 7.18. The molecule has 0 N–H and O–H groups in total. The number of aromatic nitrogens is 1. The lowest BCUT2D eigenvalue weighted by molar-refractivity contribution is 1.26. The number of hydrogen-bond acceptors (Lipinski definition) is 2. The van der Waals surface area contributed by atoms with Crippen molar-refractivity contribution in [2.45, 2.75) is 0 Å². The van der Waals surface area contributed by atoms with E-state index >= 15 is 0 Å². The van der Waals surface area contributed by atoms with Crippen molar-refractivity contribution < 1.29 is 0 Å². The van der Waals surface area contributed by atoms with E-state index in [1.807, 2.05) is 12.1 Å². The number of nitrogens with zero attached hydrogens (tertiary/aromatic N) is 2. The molecule has 0 spiro atoms. The van der Waals surface area contributed by atoms with Crippen LogP contribution in [-0.4, -0.2) is 4.98 Å². The number of rotatable bonds is 2. The van der Waals surface area contributed by atoms with Crippen molar-refractivity contribution in [3.05, 3.63) is 103 Å². The fourth-order valence-corrected chi connectivity index (χ4v) is 4.47. The molecule has 1 aromatic heterocycles. The van der Waals surface area contributed by atoms with Gasteiger partial charge in [-0.3, -0.25) is 0 Å². The summed E-state index contributed by atoms with van der Waals surface area (Å²) in [5.74, 6) is 0. The zero-order valence-corrected chi connectivity index (χ0v) is 16.1. The Morgan fingerprint density at radius 3 is 1.80 bits per heavy atom. The molecule has 0 bridgehead atoms. The van der Waals surface area contributed by atoms with Crippen LogP contribution < -0.4 is 0 Å². The van der Waals surface area contributed by atoms with Gasteiger partial charge in [0.15, 0.2) is 0 Å². The van der Waals surface area contributed by atoms with Gasteiger partial charge in [0.25, 0.3) is 0 Å². The molecule has 2 nitrogen and oxygen atoms in total. The van der Waals surface area contributed by atoms with Crippen molar-refractivity contribution in [3.8, 4) is 28.3 Å². The van der Waals surface area contributed by atoms with E-state index in [4.69, 9.17) is 5.26 Å². The van der Waals surface area contributed by atoms with E-state index in [1.54, 1.807) is 6.20 Å². The topological polar surface area (TPSA) is 36.7 Å². The standard InChI is InChI=1S/C28H16N2/c29-17-26-16-22(11-12-30-26)20-5-2-6-21(13-20)25-14-23-9-7-18-3-1-4-19-8-10-24(15-25)28(23)27(18)19/h1-16H. The second-order valence-corrected chi connectivity index (χ2v) is 7.63. The van der Waals surface area contributed by atoms with Gasteiger partial charge < -0.3 is 0 Å². The Morgan fingerprint density at radius 1 is 0.533 bits per heavy atom. The third kappa shape index (κ3) is 2.53. The summed E-state index contributed by atoms with van der Waals surface area (Å²) in [6.45, 7) is 0. The van der Waals surface area contributed by atoms with Crippen LogP contribution in [0.15, 0.2) is 97.2 Å². The summed E-state index contributed by atoms with van der Waals surface area (Å²) in [5.41, 5.74) is 4.86. The summed E-state index contributed by atoms with van der Waals surface area (Å²) in [4.78, 5) is 4.08. The molecule has 0 saturated carbocycles. The summed E-state index contributed by atoms with van der Waals surface area (Å²) in [6.07, 6.45) is 1.69. The monoisotopic (exact) mass is 380 g/mol. The first-order valence-corrected chi connectivity index (χ1v) is 9.95. The maximum atomic E-state index is 9.16. The molecule has 0 aliphatic carbocycles. The second-order valence-electron chi connectivity index (χ2n) is 7.63. The smallest absolute Gasteiger partial charge is 0.141 e. The van der Waals surface area contributed by atoms with Crippen molar-refractivity contribution in [2.75, 3.05) is 0 Å². The van der Waals surface area contributed by atoms with Crippen LogP contribution in [-0.2, 0) is 0 Å². The van der Waals surface area contributed by atoms with Crippen molar-refractivity contribution in [3.63, 3.8) is 0 Å². The maximum absolute atomic E-state index is 9.16. The van der Waals surface area contributed by atoms with Crippen molar-refractivity contribution in [1.82, 2.24) is 4.98 Å². The average Bonchev–Trinajstić information content (AvgIpc) is 2.82. The molecule has 0 unspecified atom stereocenters. The molecule has 0 atom stereocenters. The Bertz CT molecular complexity index is 1540. The van der Waals surface area contributed by atoms with Gasteiger partial charge in [-0.25, -0.2) is 4.98 Å². The molecule has 6 aromatic rings. The Hall–Kier alpha value is -4.22. The van der Waals surface area contributed by atoms with Crippen LogP contribution in [0.25, 0.3) is 54.6 Å². The van der Waals surface area contributed by atoms with E-state index in [0.717, 1.165) is 16.7 Å². The molecule has 0 saturated heterocycles. The largest absolute Gasteiger partial charge is 0.246 e. The van der Waals surface area contributed by atoms with Crippen LogP contribution in [0.1, 0.15) is 5.69 Å². The summed E-state index contributed by atoms with van der Waals surface area (Å²) in [7, 11) is 0. The number of pyridine rings is 1. The van der Waals surface area contributed by atoms with E-state index in [1.165, 1.54) is 37.9 Å². The van der Waals surface area contributed by atoms with E-state index < -0.39 is 0 Å². The summed E-state index contributed by atoms with van der Waals surface area (Å²) >= 11 is 0. The quantitative estimate of drug-likeness (QED) is 0.298. The molecule has 30 heavy (non-hydrogen) atoms. The highest BCUT2D eigenvalue weighted by Gasteiger charge is 2.10. The number of hydrogen-bond donors (Lipinski definition) is 0. The lowest BCUT2D eigenvalue weighted by Gasteiger charge is -2.13. The Morgan fingerprint density at radius 2 is 1.10 bits per heavy atom. The van der Waals surface area contributed by atoms with Crippen LogP contribution in [0.2, 0.25) is 0 Å². The van der Waals surface area contributed by atoms with Gasteiger partial charge in [-0.05, 0) is 84.9 Å². The Kier molecular flexibility index (Phi) is 3.57. The zero-order valence-electron chi connectivity index (χ0n) is 16.1. The summed E-state index contributed by atoms with van der Waals surface area (Å²) in [6, 6.07) is 34.3. The summed E-state index contributed by atoms with van der Waals surface area (Å²) in [5, 5.41) is 16.9. The van der Waals surface area contributed by atoms with Crippen LogP contribution in [0.3, 0.4) is 0 Å². The minimum atomic E-state index is 0.431. The van der Waals surface area contributed by atoms with Crippen molar-refractivity contribution >= 4 is 32.3 Å². The van der Waals surface area contributed by atoms with Gasteiger partial charge in [0.2, 0.25) is 0 Å². The molecule has 0 radical (unpaired) electrons. The molecular weight excluding hydrogens is 364 g/mol. The molecule has 0 aliphatic heterocycles. The average molecular weight is 380 g/mol. The fourth-order valence-electron chi connectivity index (χ4n) is 4.47. The van der Waals surface area contributed by atoms with Gasteiger partial charge in [-0.1, -0.05) is 60.7 Å². The maximum Gasteiger partial charge on any atom is 0.141 e. The van der Waals surface area contributed by atoms with Gasteiger partial charge in [0, 0.05) is 6.20 Å². The molecule has 1 heterocycles. The fraction of sp³-hybridized carbons (Fsp3) is 0. The van der Waals surface area contributed by atoms with Crippen LogP contribution in [0.4, 0.5) is 0 Å². The third-order valence-corrected chi connectivity index (χ3v) is 5.87. The van der Waals surface area contributed by atoms with Crippen LogP contribution >= 0.6 is 0 Å². The van der Waals surface area contributed by atoms with Gasteiger partial charge in [0.1, 0.15) is 11.8 Å². The minimum absolute atomic E-state index is 0.431. The second kappa shape index (κ2) is 6.40. The Labute approximate surface area is 174 Å². The molecule has 6 rings (SSSR count). The predicted molar refractivity (Wildman–Crippen MR) is 124 cm³/mol. The van der Waals surface area contributed by atoms with Gasteiger partial charge >= 0.3 is 0 Å². The van der Waals surface area contributed by atoms with E-state index in [2.05, 4.69) is 89.9 Å². The molecule has 5 aromatic carbocycles. The SMILES string of the molecule is N#Cc1cc(-c2cccc(-c3cc4ccc5cccc6ccc(c3)c4c56)c2)ccn1. The molecule has 0 aliphatic rings. The van der Waals surface area contributed by atoms with Gasteiger partial charge in [-0.15, -0.1) is 0 Å². The molecule has 0 fully saturated rings. The molecule has 0 amide bonds. The van der Waals surface area contributed by atoms with E-state index in [9.17, 15) is 0 Å². The summed E-state index contributed by atoms with van der Waals surface area (Å²) < 4.78 is 0. The highest BCUT2D eigenvalue weighted by molar-refractivity contribution is 6.23.